The van der Waals surface area contributed by atoms with Gasteiger partial charge in [-0.2, -0.15) is 0 Å². The lowest BCUT2D eigenvalue weighted by Gasteiger charge is -2.58. The van der Waals surface area contributed by atoms with Crippen LogP contribution in [-0.4, -0.2) is 25.0 Å². The Morgan fingerprint density at radius 1 is 0.324 bits per heavy atom. The van der Waals surface area contributed by atoms with Gasteiger partial charge in [-0.3, -0.25) is 0 Å². The lowest BCUT2D eigenvalue weighted by Crippen LogP contribution is -2.60. The molecule has 4 aromatic rings. The van der Waals surface area contributed by atoms with Gasteiger partial charge in [0.15, 0.2) is 0 Å². The van der Waals surface area contributed by atoms with Crippen LogP contribution in [0.15, 0.2) is 97.1 Å². The van der Waals surface area contributed by atoms with E-state index in [9.17, 15) is 0 Å². The molecule has 1 spiro atoms. The molecule has 0 radical (unpaired) electrons. The zero-order valence-corrected chi connectivity index (χ0v) is 24.6. The van der Waals surface area contributed by atoms with E-state index in [0.717, 1.165) is 0 Å². The molecule has 4 aliphatic rings. The van der Waals surface area contributed by atoms with E-state index in [2.05, 4.69) is 169 Å². The van der Waals surface area contributed by atoms with Crippen molar-refractivity contribution in [3.63, 3.8) is 0 Å². The molecule has 0 saturated carbocycles. The van der Waals surface area contributed by atoms with Gasteiger partial charge in [0.25, 0.3) is 0 Å². The average molecular weight is 553 g/mol. The van der Waals surface area contributed by atoms with Gasteiger partial charge in [-0.15, -0.1) is 47.0 Å². The highest BCUT2D eigenvalue weighted by Crippen LogP contribution is 2.96. The molecule has 184 valence electrons. The minimum atomic E-state index is -0.201. The van der Waals surface area contributed by atoms with Crippen LogP contribution in [0.4, 0.5) is 0 Å². The predicted octanol–water partition coefficient (Wildman–Crippen LogP) is 8.45. The summed E-state index contributed by atoms with van der Waals surface area (Å²) in [6.45, 7) is 0. The summed E-state index contributed by atoms with van der Waals surface area (Å²) in [5.41, 5.74) is 11.9. The standard InChI is InChI=1S/C33H28S4/c1-34-29-21-13-5-7-15-23(21)30(35-2)25-17-9-11-19-27(25)32(37-4)28-20-12-10-18-26(28)31(36-3,33(29,30)32)24-16-8-6-14-22(24)29/h5-20H,1-4H3. The number of thioether (sulfide) groups is 4. The van der Waals surface area contributed by atoms with Gasteiger partial charge in [-0.1, -0.05) is 97.1 Å². The monoisotopic (exact) mass is 552 g/mol. The molecule has 0 aliphatic heterocycles. The quantitative estimate of drug-likeness (QED) is 0.249. The smallest absolute Gasteiger partial charge is 0.0777 e. The first-order valence-corrected chi connectivity index (χ1v) is 17.7. The topological polar surface area (TPSA) is 0 Å². The number of rotatable bonds is 4. The molecule has 0 aromatic heterocycles. The van der Waals surface area contributed by atoms with E-state index in [4.69, 9.17) is 0 Å². The summed E-state index contributed by atoms with van der Waals surface area (Å²) < 4.78 is -0.805. The third-order valence-corrected chi connectivity index (χ3v) is 15.5. The Morgan fingerprint density at radius 3 is 0.622 bits per heavy atom. The second-order valence-corrected chi connectivity index (χ2v) is 14.6. The van der Waals surface area contributed by atoms with E-state index in [-0.39, 0.29) is 24.4 Å². The summed E-state index contributed by atoms with van der Waals surface area (Å²) in [6.07, 6.45) is 9.52. The Labute approximate surface area is 236 Å². The molecule has 37 heavy (non-hydrogen) atoms. The van der Waals surface area contributed by atoms with Crippen LogP contribution in [0.25, 0.3) is 0 Å². The molecule has 0 nitrogen and oxygen atoms in total. The highest BCUT2D eigenvalue weighted by molar-refractivity contribution is 8.03. The number of hydrogen-bond donors (Lipinski definition) is 0. The van der Waals surface area contributed by atoms with Gasteiger partial charge in [0.1, 0.15) is 0 Å². The normalized spacial score (nSPS) is 34.9. The van der Waals surface area contributed by atoms with Gasteiger partial charge >= 0.3 is 0 Å². The molecule has 0 unspecified atom stereocenters. The summed E-state index contributed by atoms with van der Waals surface area (Å²) in [4.78, 5) is 0. The van der Waals surface area contributed by atoms with Crippen molar-refractivity contribution in [3.8, 4) is 0 Å². The fourth-order valence-corrected chi connectivity index (χ4v) is 16.2. The molecule has 0 atom stereocenters. The molecule has 4 heteroatoms. The maximum absolute atomic E-state index is 2.46. The van der Waals surface area contributed by atoms with E-state index in [1.807, 2.05) is 0 Å². The van der Waals surface area contributed by atoms with Gasteiger partial charge in [-0.05, 0) is 69.5 Å². The molecule has 0 saturated heterocycles. The lowest BCUT2D eigenvalue weighted by atomic mass is 9.61. The SMILES string of the molecule is CSC12c3ccccc3C3(SC)c4ccccc4C4(SC)c5ccccc5C(SC)(c5ccccc51)C234. The predicted molar refractivity (Wildman–Crippen MR) is 165 cm³/mol. The minimum absolute atomic E-state index is 0.182. The third kappa shape index (κ3) is 1.87. The third-order valence-electron chi connectivity index (χ3n) is 10.1. The lowest BCUT2D eigenvalue weighted by molar-refractivity contribution is 0.165. The molecule has 4 aliphatic carbocycles. The highest BCUT2D eigenvalue weighted by Gasteiger charge is 2.93. The van der Waals surface area contributed by atoms with Crippen molar-refractivity contribution in [1.29, 1.82) is 0 Å². The summed E-state index contributed by atoms with van der Waals surface area (Å²) >= 11 is 8.37. The zero-order chi connectivity index (χ0) is 25.3. The molecule has 0 N–H and O–H groups in total. The second kappa shape index (κ2) is 7.27. The van der Waals surface area contributed by atoms with Crippen molar-refractivity contribution in [1.82, 2.24) is 0 Å². The first kappa shape index (κ1) is 23.2. The number of benzene rings is 4. The maximum atomic E-state index is 2.46. The molecule has 0 bridgehead atoms. The van der Waals surface area contributed by atoms with Crippen LogP contribution in [-0.2, 0) is 19.0 Å². The summed E-state index contributed by atoms with van der Waals surface area (Å²) in [7, 11) is 0. The Hall–Kier alpha value is -1.72. The van der Waals surface area contributed by atoms with Crippen molar-refractivity contribution >= 4 is 47.0 Å². The Kier molecular flexibility index (Phi) is 4.56. The van der Waals surface area contributed by atoms with E-state index >= 15 is 0 Å². The highest BCUT2D eigenvalue weighted by atomic mass is 32.2. The van der Waals surface area contributed by atoms with Gasteiger partial charge in [-0.25, -0.2) is 0 Å². The molecule has 4 aromatic carbocycles. The van der Waals surface area contributed by atoms with Crippen LogP contribution in [0, 0.1) is 5.41 Å². The van der Waals surface area contributed by atoms with Crippen molar-refractivity contribution in [3.05, 3.63) is 142 Å². The van der Waals surface area contributed by atoms with Crippen LogP contribution in [0.1, 0.15) is 44.5 Å². The van der Waals surface area contributed by atoms with Crippen LogP contribution in [0.3, 0.4) is 0 Å². The van der Waals surface area contributed by atoms with E-state index in [0.29, 0.717) is 0 Å². The molecular formula is C33H28S4. The van der Waals surface area contributed by atoms with Crippen molar-refractivity contribution in [2.24, 2.45) is 5.41 Å². The van der Waals surface area contributed by atoms with Gasteiger partial charge in [0.2, 0.25) is 0 Å². The van der Waals surface area contributed by atoms with Gasteiger partial charge in [0.05, 0.1) is 24.4 Å². The second-order valence-electron chi connectivity index (χ2n) is 10.5. The first-order chi connectivity index (χ1) is 18.2. The fourth-order valence-electron chi connectivity index (χ4n) is 9.56. The number of fused-ring (bicyclic) bond motifs is 12. The van der Waals surface area contributed by atoms with Crippen LogP contribution in [0.5, 0.6) is 0 Å². The summed E-state index contributed by atoms with van der Waals surface area (Å²) in [5, 5.41) is 0. The van der Waals surface area contributed by atoms with Crippen molar-refractivity contribution < 1.29 is 0 Å². The largest absolute Gasteiger partial charge is 0.148 e. The maximum Gasteiger partial charge on any atom is 0.0777 e. The molecule has 8 rings (SSSR count). The Morgan fingerprint density at radius 2 is 0.486 bits per heavy atom. The Bertz CT molecular complexity index is 1280. The molecular weight excluding hydrogens is 525 g/mol. The van der Waals surface area contributed by atoms with Crippen molar-refractivity contribution in [2.75, 3.05) is 25.0 Å². The molecule has 0 heterocycles. The zero-order valence-electron chi connectivity index (χ0n) is 21.4. The first-order valence-electron chi connectivity index (χ1n) is 12.8. The Balaban J connectivity index is 1.76. The fraction of sp³-hybridized carbons (Fsp3) is 0.273. The van der Waals surface area contributed by atoms with Crippen LogP contribution >= 0.6 is 47.0 Å². The molecule has 0 fully saturated rings. The van der Waals surface area contributed by atoms with E-state index in [1.165, 1.54) is 44.5 Å². The van der Waals surface area contributed by atoms with Gasteiger partial charge in [0, 0.05) is 0 Å². The summed E-state index contributed by atoms with van der Waals surface area (Å²) in [6, 6.07) is 37.9. The van der Waals surface area contributed by atoms with E-state index in [1.54, 1.807) is 0 Å². The van der Waals surface area contributed by atoms with Gasteiger partial charge < -0.3 is 0 Å². The summed E-state index contributed by atoms with van der Waals surface area (Å²) in [5.74, 6) is 0. The average Bonchev–Trinajstić information content (AvgIpc) is 3.53. The van der Waals surface area contributed by atoms with Crippen LogP contribution < -0.4 is 0 Å². The molecule has 0 amide bonds. The minimum Gasteiger partial charge on any atom is -0.148 e. The number of hydrogen-bond acceptors (Lipinski definition) is 4. The van der Waals surface area contributed by atoms with E-state index < -0.39 is 0 Å². The van der Waals surface area contributed by atoms with Crippen LogP contribution in [0.2, 0.25) is 0 Å². The van der Waals surface area contributed by atoms with Crippen molar-refractivity contribution in [2.45, 2.75) is 19.0 Å².